The average Bonchev–Trinajstić information content (AvgIpc) is 3.49. The van der Waals surface area contributed by atoms with Crippen molar-refractivity contribution in [2.45, 2.75) is 19.0 Å². The maximum Gasteiger partial charge on any atom is 0.335 e. The van der Waals surface area contributed by atoms with Crippen LogP contribution < -0.4 is 15.5 Å². The van der Waals surface area contributed by atoms with Crippen molar-refractivity contribution in [1.29, 1.82) is 0 Å². The van der Waals surface area contributed by atoms with Gasteiger partial charge < -0.3 is 25.1 Å². The molecular weight excluding hydrogens is 476 g/mol. The van der Waals surface area contributed by atoms with Crippen LogP contribution in [0.25, 0.3) is 11.3 Å². The number of aromatic carboxylic acids is 1. The Morgan fingerprint density at radius 2 is 1.78 bits per heavy atom. The number of hydrogen-bond donors (Lipinski definition) is 3. The molecule has 9 heteroatoms. The number of carbonyl (C=O) groups is 2. The van der Waals surface area contributed by atoms with Gasteiger partial charge in [0.05, 0.1) is 17.3 Å². The molecule has 5 rings (SSSR count). The van der Waals surface area contributed by atoms with Crippen molar-refractivity contribution in [3.63, 3.8) is 0 Å². The third kappa shape index (κ3) is 4.56. The zero-order valence-corrected chi connectivity index (χ0v) is 20.0. The second-order valence-electron chi connectivity index (χ2n) is 8.31. The van der Waals surface area contributed by atoms with Crippen LogP contribution in [0.1, 0.15) is 40.8 Å². The molecule has 0 bridgehead atoms. The number of carbonyl (C=O) groups excluding carboxylic acids is 1. The zero-order valence-electron chi connectivity index (χ0n) is 19.2. The Hall–Kier alpha value is -4.50. The van der Waals surface area contributed by atoms with E-state index in [2.05, 4.69) is 15.6 Å². The quantitative estimate of drug-likeness (QED) is 0.312. The first kappa shape index (κ1) is 23.3. The number of benzene rings is 2. The Bertz CT molecular complexity index is 1420. The summed E-state index contributed by atoms with van der Waals surface area (Å²) in [5.74, 6) is 0.154. The molecular formula is C27H22N4O4S. The fraction of sp³-hybridized carbons (Fsp3) is 0.111. The van der Waals surface area contributed by atoms with E-state index in [1.165, 1.54) is 6.92 Å². The summed E-state index contributed by atoms with van der Waals surface area (Å²) in [6.45, 7) is 1.46. The van der Waals surface area contributed by atoms with Crippen LogP contribution in [0.2, 0.25) is 0 Å². The van der Waals surface area contributed by atoms with Crippen LogP contribution in [0, 0.1) is 0 Å². The minimum Gasteiger partial charge on any atom is -0.478 e. The summed E-state index contributed by atoms with van der Waals surface area (Å²) in [7, 11) is 0. The first-order chi connectivity index (χ1) is 17.4. The molecule has 1 aliphatic rings. The number of nitrogens with zero attached hydrogens (tertiary/aromatic N) is 2. The number of anilines is 2. The van der Waals surface area contributed by atoms with E-state index in [0.29, 0.717) is 22.3 Å². The molecule has 0 unspecified atom stereocenters. The predicted molar refractivity (Wildman–Crippen MR) is 140 cm³/mol. The number of amides is 1. The van der Waals surface area contributed by atoms with Crippen molar-refractivity contribution < 1.29 is 19.1 Å². The zero-order chi connectivity index (χ0) is 25.2. The molecule has 2 atom stereocenters. The molecule has 4 aromatic rings. The van der Waals surface area contributed by atoms with E-state index in [-0.39, 0.29) is 23.6 Å². The number of carboxylic acid groups (broad SMARTS) is 1. The molecule has 1 aliphatic heterocycles. The smallest absolute Gasteiger partial charge is 0.335 e. The second-order valence-corrected chi connectivity index (χ2v) is 8.70. The van der Waals surface area contributed by atoms with Gasteiger partial charge >= 0.3 is 5.97 Å². The summed E-state index contributed by atoms with van der Waals surface area (Å²) in [5, 5.41) is 15.9. The van der Waals surface area contributed by atoms with Gasteiger partial charge in [0.2, 0.25) is 5.91 Å². The third-order valence-electron chi connectivity index (χ3n) is 5.90. The summed E-state index contributed by atoms with van der Waals surface area (Å²) in [6, 6.07) is 22.8. The lowest BCUT2D eigenvalue weighted by molar-refractivity contribution is -0.114. The van der Waals surface area contributed by atoms with Crippen LogP contribution in [0.3, 0.4) is 0 Å². The van der Waals surface area contributed by atoms with E-state index in [1.54, 1.807) is 30.5 Å². The van der Waals surface area contributed by atoms with Crippen molar-refractivity contribution in [1.82, 2.24) is 10.3 Å². The minimum absolute atomic E-state index is 0.145. The lowest BCUT2D eigenvalue weighted by atomic mass is 10.0. The Kier molecular flexibility index (Phi) is 6.22. The summed E-state index contributed by atoms with van der Waals surface area (Å²) >= 11 is 5.74. The van der Waals surface area contributed by atoms with Crippen LogP contribution in [0.4, 0.5) is 11.4 Å². The SMILES string of the molecule is CC(=O)Nc1ccc(N2C(=S)N[C@H](c3ccccn3)[C@H]2c2ccc(-c3ccc(C(=O)O)cc3)o2)cc1. The highest BCUT2D eigenvalue weighted by Crippen LogP contribution is 2.43. The highest BCUT2D eigenvalue weighted by atomic mass is 32.1. The van der Waals surface area contributed by atoms with Gasteiger partial charge in [-0.2, -0.15) is 0 Å². The van der Waals surface area contributed by atoms with Crippen molar-refractivity contribution in [3.05, 3.63) is 102 Å². The van der Waals surface area contributed by atoms with Gasteiger partial charge in [-0.05, 0) is 72.9 Å². The Balaban J connectivity index is 1.53. The van der Waals surface area contributed by atoms with Crippen molar-refractivity contribution in [2.75, 3.05) is 10.2 Å². The molecule has 0 spiro atoms. The molecule has 3 heterocycles. The molecule has 2 aromatic heterocycles. The van der Waals surface area contributed by atoms with Gasteiger partial charge in [0, 0.05) is 30.1 Å². The van der Waals surface area contributed by atoms with Crippen LogP contribution in [-0.2, 0) is 4.79 Å². The van der Waals surface area contributed by atoms with E-state index < -0.39 is 5.97 Å². The molecule has 8 nitrogen and oxygen atoms in total. The monoisotopic (exact) mass is 498 g/mol. The number of thiocarbonyl (C=S) groups is 1. The Morgan fingerprint density at radius 3 is 2.42 bits per heavy atom. The molecule has 180 valence electrons. The van der Waals surface area contributed by atoms with Crippen LogP contribution in [-0.4, -0.2) is 27.1 Å². The average molecular weight is 499 g/mol. The standard InChI is InChI=1S/C27H22N4O4S/c1-16(32)29-19-9-11-20(12-10-19)31-25(24(30-27(31)36)21-4-2-3-15-28-21)23-14-13-22(35-23)17-5-7-18(8-6-17)26(33)34/h2-15,24-25H,1H3,(H,29,32)(H,30,36)(H,33,34)/t24-,25-/m1/s1. The Labute approximate surface area is 212 Å². The van der Waals surface area contributed by atoms with Gasteiger partial charge in [0.25, 0.3) is 0 Å². The maximum absolute atomic E-state index is 11.4. The van der Waals surface area contributed by atoms with E-state index >= 15 is 0 Å². The molecule has 1 fully saturated rings. The van der Waals surface area contributed by atoms with Gasteiger partial charge in [-0.15, -0.1) is 0 Å². The predicted octanol–water partition coefficient (Wildman–Crippen LogP) is 5.18. The largest absolute Gasteiger partial charge is 0.478 e. The first-order valence-electron chi connectivity index (χ1n) is 11.2. The van der Waals surface area contributed by atoms with E-state index in [0.717, 1.165) is 16.9 Å². The molecule has 2 aromatic carbocycles. The van der Waals surface area contributed by atoms with Crippen LogP contribution in [0.15, 0.2) is 89.5 Å². The second kappa shape index (κ2) is 9.63. The number of pyridine rings is 1. The van der Waals surface area contributed by atoms with Gasteiger partial charge in [0.15, 0.2) is 5.11 Å². The number of carboxylic acids is 1. The Morgan fingerprint density at radius 1 is 1.03 bits per heavy atom. The first-order valence-corrected chi connectivity index (χ1v) is 11.6. The summed E-state index contributed by atoms with van der Waals surface area (Å²) in [4.78, 5) is 29.1. The topological polar surface area (TPSA) is 108 Å². The molecule has 1 amide bonds. The highest BCUT2D eigenvalue weighted by Gasteiger charge is 2.42. The normalized spacial score (nSPS) is 17.0. The van der Waals surface area contributed by atoms with Crippen LogP contribution >= 0.6 is 12.2 Å². The minimum atomic E-state index is -0.981. The van der Waals surface area contributed by atoms with E-state index in [9.17, 15) is 14.7 Å². The van der Waals surface area contributed by atoms with Gasteiger partial charge in [-0.1, -0.05) is 18.2 Å². The molecule has 36 heavy (non-hydrogen) atoms. The third-order valence-corrected chi connectivity index (χ3v) is 6.21. The fourth-order valence-electron chi connectivity index (χ4n) is 4.27. The van der Waals surface area contributed by atoms with Crippen LogP contribution in [0.5, 0.6) is 0 Å². The maximum atomic E-state index is 11.4. The number of hydrogen-bond acceptors (Lipinski definition) is 5. The van der Waals surface area contributed by atoms with Crippen molar-refractivity contribution in [3.8, 4) is 11.3 Å². The lowest BCUT2D eigenvalue weighted by Crippen LogP contribution is -2.29. The van der Waals surface area contributed by atoms with Gasteiger partial charge in [0.1, 0.15) is 17.6 Å². The number of aromatic nitrogens is 1. The number of furan rings is 1. The lowest BCUT2D eigenvalue weighted by Gasteiger charge is -2.26. The van der Waals surface area contributed by atoms with Crippen molar-refractivity contribution in [2.24, 2.45) is 0 Å². The molecule has 1 saturated heterocycles. The van der Waals surface area contributed by atoms with Gasteiger partial charge in [-0.3, -0.25) is 9.78 Å². The highest BCUT2D eigenvalue weighted by molar-refractivity contribution is 7.80. The summed E-state index contributed by atoms with van der Waals surface area (Å²) < 4.78 is 6.31. The molecule has 0 radical (unpaired) electrons. The molecule has 0 aliphatic carbocycles. The van der Waals surface area contributed by atoms with Crippen molar-refractivity contribution >= 4 is 40.6 Å². The van der Waals surface area contributed by atoms with E-state index in [4.69, 9.17) is 16.6 Å². The van der Waals surface area contributed by atoms with E-state index in [1.807, 2.05) is 59.5 Å². The number of rotatable bonds is 6. The fourth-order valence-corrected chi connectivity index (χ4v) is 4.62. The summed E-state index contributed by atoms with van der Waals surface area (Å²) in [5.41, 5.74) is 3.30. The summed E-state index contributed by atoms with van der Waals surface area (Å²) in [6.07, 6.45) is 1.74. The molecule has 3 N–H and O–H groups in total. The van der Waals surface area contributed by atoms with Gasteiger partial charge in [-0.25, -0.2) is 4.79 Å². The number of nitrogens with one attached hydrogen (secondary N) is 2. The molecule has 0 saturated carbocycles.